The van der Waals surface area contributed by atoms with Crippen LogP contribution in [0, 0.1) is 5.92 Å². The first-order chi connectivity index (χ1) is 9.53. The monoisotopic (exact) mass is 278 g/mol. The lowest BCUT2D eigenvalue weighted by Crippen LogP contribution is -2.33. The Balaban J connectivity index is 3.12. The van der Waals surface area contributed by atoms with Crippen LogP contribution in [-0.4, -0.2) is 18.6 Å². The number of nitrogens with two attached hydrogens (primary N) is 1. The third kappa shape index (κ3) is 4.05. The second-order valence-corrected chi connectivity index (χ2v) is 4.79. The van der Waals surface area contributed by atoms with Gasteiger partial charge in [-0.2, -0.15) is 0 Å². The molecule has 3 N–H and O–H groups in total. The maximum atomic E-state index is 12.5. The van der Waals surface area contributed by atoms with Gasteiger partial charge in [-0.1, -0.05) is 13.0 Å². The van der Waals surface area contributed by atoms with Crippen molar-refractivity contribution in [2.75, 3.05) is 0 Å². The van der Waals surface area contributed by atoms with Gasteiger partial charge >= 0.3 is 0 Å². The molecule has 1 rings (SSSR count). The molecule has 2 atom stereocenters. The van der Waals surface area contributed by atoms with E-state index in [1.807, 2.05) is 33.1 Å². The van der Waals surface area contributed by atoms with Crippen LogP contribution < -0.4 is 11.1 Å². The molecule has 0 fully saturated rings. The second kappa shape index (κ2) is 7.62. The Morgan fingerprint density at radius 1 is 1.60 bits per heavy atom. The maximum absolute atomic E-state index is 12.5. The molecule has 1 aliphatic rings. The fourth-order valence-electron chi connectivity index (χ4n) is 2.20. The molecular formula is C15H23FN4. The Bertz CT molecular complexity index is 486. The lowest BCUT2D eigenvalue weighted by atomic mass is 9.90. The van der Waals surface area contributed by atoms with Crippen LogP contribution in [0.4, 0.5) is 4.39 Å². The lowest BCUT2D eigenvalue weighted by molar-refractivity contribution is 0.615. The van der Waals surface area contributed by atoms with Gasteiger partial charge in [0.1, 0.15) is 18.3 Å². The van der Waals surface area contributed by atoms with Gasteiger partial charge < -0.3 is 11.1 Å². The highest BCUT2D eigenvalue weighted by Gasteiger charge is 2.21. The van der Waals surface area contributed by atoms with Crippen LogP contribution in [0.25, 0.3) is 0 Å². The van der Waals surface area contributed by atoms with Crippen molar-refractivity contribution >= 4 is 12.4 Å². The highest BCUT2D eigenvalue weighted by atomic mass is 19.1. The van der Waals surface area contributed by atoms with Gasteiger partial charge in [-0.15, -0.1) is 0 Å². The van der Waals surface area contributed by atoms with Gasteiger partial charge in [0.15, 0.2) is 0 Å². The summed E-state index contributed by atoms with van der Waals surface area (Å²) in [4.78, 5) is 8.76. The topological polar surface area (TPSA) is 62.8 Å². The van der Waals surface area contributed by atoms with Crippen molar-refractivity contribution in [1.29, 1.82) is 0 Å². The number of hydrogen-bond donors (Lipinski definition) is 2. The molecule has 110 valence electrons. The van der Waals surface area contributed by atoms with Gasteiger partial charge in [-0.25, -0.2) is 4.39 Å². The average Bonchev–Trinajstić information content (AvgIpc) is 2.43. The van der Waals surface area contributed by atoms with Crippen LogP contribution in [0.2, 0.25) is 0 Å². The Hall–Kier alpha value is -1.91. The van der Waals surface area contributed by atoms with Crippen LogP contribution in [0.3, 0.4) is 0 Å². The lowest BCUT2D eigenvalue weighted by Gasteiger charge is -2.25. The summed E-state index contributed by atoms with van der Waals surface area (Å²) in [5.41, 5.74) is 8.60. The molecule has 0 radical (unpaired) electrons. The summed E-state index contributed by atoms with van der Waals surface area (Å²) in [5.74, 6) is 0.342. The molecule has 20 heavy (non-hydrogen) atoms. The van der Waals surface area contributed by atoms with Crippen molar-refractivity contribution in [3.05, 3.63) is 35.1 Å². The zero-order valence-electron chi connectivity index (χ0n) is 12.5. The SMILES string of the molecule is C/C=N\[C@@H](N/C(N)=C/F)/C(=C/C)C1=C(C)N=CC(C)C1. The zero-order valence-corrected chi connectivity index (χ0v) is 12.5. The van der Waals surface area contributed by atoms with Crippen molar-refractivity contribution < 1.29 is 4.39 Å². The molecule has 0 aromatic heterocycles. The van der Waals surface area contributed by atoms with Crippen LogP contribution in [-0.2, 0) is 0 Å². The molecule has 0 saturated heterocycles. The molecule has 4 nitrogen and oxygen atoms in total. The Morgan fingerprint density at radius 3 is 2.85 bits per heavy atom. The number of hydrogen-bond acceptors (Lipinski definition) is 4. The van der Waals surface area contributed by atoms with Crippen molar-refractivity contribution in [1.82, 2.24) is 5.32 Å². The van der Waals surface area contributed by atoms with Gasteiger partial charge in [-0.05, 0) is 50.5 Å². The van der Waals surface area contributed by atoms with E-state index in [0.29, 0.717) is 12.2 Å². The number of nitrogens with zero attached hydrogens (tertiary/aromatic N) is 2. The molecule has 1 aliphatic heterocycles. The molecule has 1 unspecified atom stereocenters. The van der Waals surface area contributed by atoms with Crippen LogP contribution in [0.5, 0.6) is 0 Å². The van der Waals surface area contributed by atoms with E-state index in [4.69, 9.17) is 5.73 Å². The van der Waals surface area contributed by atoms with Gasteiger partial charge in [0.05, 0.1) is 0 Å². The molecule has 0 aromatic rings. The van der Waals surface area contributed by atoms with E-state index >= 15 is 0 Å². The van der Waals surface area contributed by atoms with E-state index in [2.05, 4.69) is 22.2 Å². The molecule has 0 spiro atoms. The molecule has 0 aromatic carbocycles. The number of nitrogens with one attached hydrogen (secondary N) is 1. The fourth-order valence-corrected chi connectivity index (χ4v) is 2.20. The largest absolute Gasteiger partial charge is 0.384 e. The minimum absolute atomic E-state index is 0.0365. The standard InChI is InChI=1S/C15H23FN4/c1-5-12(13-7-10(3)9-19-11(13)4)15(18-6-2)20-14(17)8-16/h5-6,8-10,15,20H,7,17H2,1-4H3/b12-5+,14-8+,18-6-/t10?,15-/m0/s1. The molecular weight excluding hydrogens is 255 g/mol. The van der Waals surface area contributed by atoms with Crippen molar-refractivity contribution in [3.8, 4) is 0 Å². The minimum Gasteiger partial charge on any atom is -0.384 e. The van der Waals surface area contributed by atoms with Crippen molar-refractivity contribution in [2.45, 2.75) is 40.3 Å². The Labute approximate surface area is 120 Å². The Kier molecular flexibility index (Phi) is 6.15. The van der Waals surface area contributed by atoms with Crippen molar-refractivity contribution in [3.63, 3.8) is 0 Å². The van der Waals surface area contributed by atoms with Gasteiger partial charge in [0, 0.05) is 11.9 Å². The summed E-state index contributed by atoms with van der Waals surface area (Å²) in [6.07, 6.45) is 6.44. The minimum atomic E-state index is -0.401. The number of rotatable bonds is 5. The summed E-state index contributed by atoms with van der Waals surface area (Å²) < 4.78 is 12.5. The first-order valence-corrected chi connectivity index (χ1v) is 6.74. The third-order valence-electron chi connectivity index (χ3n) is 3.16. The van der Waals surface area contributed by atoms with Gasteiger partial charge in [-0.3, -0.25) is 9.98 Å². The number of allylic oxidation sites excluding steroid dienone is 2. The second-order valence-electron chi connectivity index (χ2n) is 4.79. The van der Waals surface area contributed by atoms with Gasteiger partial charge in [0.25, 0.3) is 0 Å². The number of halogens is 1. The fraction of sp³-hybridized carbons (Fsp3) is 0.467. The van der Waals surface area contributed by atoms with E-state index in [1.54, 1.807) is 6.21 Å². The number of aliphatic imine (C=N–C) groups is 2. The summed E-state index contributed by atoms with van der Waals surface area (Å²) in [6.45, 7) is 7.85. The highest BCUT2D eigenvalue weighted by molar-refractivity contribution is 5.66. The predicted octanol–water partition coefficient (Wildman–Crippen LogP) is 3.05. The molecule has 1 heterocycles. The smallest absolute Gasteiger partial charge is 0.145 e. The molecule has 0 aliphatic carbocycles. The summed E-state index contributed by atoms with van der Waals surface area (Å²) in [7, 11) is 0. The van der Waals surface area contributed by atoms with Crippen LogP contribution in [0.1, 0.15) is 34.1 Å². The summed E-state index contributed by atoms with van der Waals surface area (Å²) in [6, 6.07) is 0. The quantitative estimate of drug-likeness (QED) is 0.759. The first-order valence-electron chi connectivity index (χ1n) is 6.74. The first kappa shape index (κ1) is 16.1. The van der Waals surface area contributed by atoms with E-state index in [0.717, 1.165) is 23.3 Å². The highest BCUT2D eigenvalue weighted by Crippen LogP contribution is 2.29. The molecule has 0 amide bonds. The zero-order chi connectivity index (χ0) is 15.1. The average molecular weight is 278 g/mol. The van der Waals surface area contributed by atoms with Crippen molar-refractivity contribution in [2.24, 2.45) is 21.6 Å². The molecule has 0 bridgehead atoms. The predicted molar refractivity (Wildman–Crippen MR) is 83.2 cm³/mol. The normalized spacial score (nSPS) is 22.6. The summed E-state index contributed by atoms with van der Waals surface area (Å²) in [5, 5.41) is 2.86. The van der Waals surface area contributed by atoms with E-state index < -0.39 is 6.17 Å². The van der Waals surface area contributed by atoms with E-state index in [9.17, 15) is 4.39 Å². The van der Waals surface area contributed by atoms with Crippen LogP contribution in [0.15, 0.2) is 45.1 Å². The third-order valence-corrected chi connectivity index (χ3v) is 3.16. The Morgan fingerprint density at radius 2 is 2.30 bits per heavy atom. The van der Waals surface area contributed by atoms with Gasteiger partial charge in [0.2, 0.25) is 0 Å². The summed E-state index contributed by atoms with van der Waals surface area (Å²) >= 11 is 0. The van der Waals surface area contributed by atoms with E-state index in [1.165, 1.54) is 0 Å². The molecule has 0 saturated carbocycles. The van der Waals surface area contributed by atoms with E-state index in [-0.39, 0.29) is 5.82 Å². The maximum Gasteiger partial charge on any atom is 0.145 e. The molecule has 5 heteroatoms. The van der Waals surface area contributed by atoms with Crippen LogP contribution >= 0.6 is 0 Å².